The van der Waals surface area contributed by atoms with Gasteiger partial charge in [-0.05, 0) is 57.0 Å². The third-order valence-corrected chi connectivity index (χ3v) is 6.65. The number of methoxy groups -OCH3 is 2. The lowest BCUT2D eigenvalue weighted by Gasteiger charge is -2.34. The smallest absolute Gasteiger partial charge is 0.237 e. The Kier molecular flexibility index (Phi) is 6.34. The number of hydrogen-bond acceptors (Lipinski definition) is 6. The van der Waals surface area contributed by atoms with Gasteiger partial charge in [-0.15, -0.1) is 0 Å². The largest absolute Gasteiger partial charge is 0.497 e. The van der Waals surface area contributed by atoms with Gasteiger partial charge >= 0.3 is 0 Å². The predicted molar refractivity (Wildman–Crippen MR) is 128 cm³/mol. The maximum absolute atomic E-state index is 13.6. The van der Waals surface area contributed by atoms with Gasteiger partial charge in [0.1, 0.15) is 17.3 Å². The molecule has 3 heterocycles. The van der Waals surface area contributed by atoms with Crippen molar-refractivity contribution in [2.45, 2.75) is 51.1 Å². The summed E-state index contributed by atoms with van der Waals surface area (Å²) in [5.41, 5.74) is 2.12. The molecule has 0 aliphatic carbocycles. The van der Waals surface area contributed by atoms with Crippen molar-refractivity contribution in [2.75, 3.05) is 32.8 Å². The Balaban J connectivity index is 1.50. The van der Waals surface area contributed by atoms with Gasteiger partial charge in [-0.2, -0.15) is 0 Å². The standard InChI is InChI=1S/C26H33N3O4/c1-25(2)17-26(3,24(30)29(25)20-10-12-33-13-11-20)19-7-9-23(28-16-19)27-15-18-6-8-21(31-4)14-22(18)32-5/h6-10,14,16H,11-13,15,17H2,1-5H3,(H,27,28). The molecule has 1 unspecified atom stereocenters. The van der Waals surface area contributed by atoms with Gasteiger partial charge in [0.15, 0.2) is 0 Å². The molecule has 1 amide bonds. The fourth-order valence-electron chi connectivity index (χ4n) is 5.02. The van der Waals surface area contributed by atoms with Crippen molar-refractivity contribution in [3.63, 3.8) is 0 Å². The molecular weight excluding hydrogens is 418 g/mol. The molecule has 1 saturated heterocycles. The highest BCUT2D eigenvalue weighted by Gasteiger charge is 2.54. The van der Waals surface area contributed by atoms with E-state index >= 15 is 0 Å². The number of ether oxygens (including phenoxy) is 3. The molecule has 2 aliphatic rings. The summed E-state index contributed by atoms with van der Waals surface area (Å²) in [4.78, 5) is 20.2. The van der Waals surface area contributed by atoms with E-state index in [1.54, 1.807) is 14.2 Å². The number of amides is 1. The number of nitrogens with zero attached hydrogens (tertiary/aromatic N) is 2. The molecule has 0 radical (unpaired) electrons. The van der Waals surface area contributed by atoms with E-state index in [0.29, 0.717) is 19.8 Å². The van der Waals surface area contributed by atoms with E-state index in [1.165, 1.54) is 0 Å². The highest BCUT2D eigenvalue weighted by molar-refractivity contribution is 5.92. The molecule has 1 aromatic carbocycles. The molecule has 1 aromatic heterocycles. The Morgan fingerprint density at radius 1 is 1.15 bits per heavy atom. The van der Waals surface area contributed by atoms with Crippen LogP contribution < -0.4 is 14.8 Å². The van der Waals surface area contributed by atoms with Crippen LogP contribution in [0.25, 0.3) is 0 Å². The topological polar surface area (TPSA) is 72.9 Å². The number of benzene rings is 1. The molecule has 0 spiro atoms. The first-order valence-corrected chi connectivity index (χ1v) is 11.3. The van der Waals surface area contributed by atoms with E-state index in [1.807, 2.05) is 54.4 Å². The van der Waals surface area contributed by atoms with Crippen molar-refractivity contribution in [3.05, 3.63) is 59.4 Å². The number of nitrogens with one attached hydrogen (secondary N) is 1. The molecule has 2 aliphatic heterocycles. The van der Waals surface area contributed by atoms with E-state index in [9.17, 15) is 4.79 Å². The molecule has 33 heavy (non-hydrogen) atoms. The van der Waals surface area contributed by atoms with Crippen LogP contribution in [-0.2, 0) is 21.5 Å². The zero-order valence-electron chi connectivity index (χ0n) is 20.1. The maximum Gasteiger partial charge on any atom is 0.237 e. The van der Waals surface area contributed by atoms with Crippen molar-refractivity contribution in [2.24, 2.45) is 0 Å². The SMILES string of the molecule is COc1ccc(CNc2ccc(C3(C)CC(C)(C)N(C4=CCOCC4)C3=O)cn2)c(OC)c1. The van der Waals surface area contributed by atoms with Gasteiger partial charge in [-0.1, -0.05) is 6.07 Å². The molecule has 0 bridgehead atoms. The molecule has 4 rings (SSSR count). The van der Waals surface area contributed by atoms with Crippen LogP contribution in [0.4, 0.5) is 5.82 Å². The zero-order chi connectivity index (χ0) is 23.6. The first-order valence-electron chi connectivity index (χ1n) is 11.3. The van der Waals surface area contributed by atoms with Gasteiger partial charge in [0.2, 0.25) is 5.91 Å². The summed E-state index contributed by atoms with van der Waals surface area (Å²) >= 11 is 0. The normalized spacial score (nSPS) is 22.2. The molecule has 0 saturated carbocycles. The van der Waals surface area contributed by atoms with Crippen molar-refractivity contribution >= 4 is 11.7 Å². The van der Waals surface area contributed by atoms with Crippen molar-refractivity contribution in [3.8, 4) is 11.5 Å². The lowest BCUT2D eigenvalue weighted by atomic mass is 9.78. The van der Waals surface area contributed by atoms with Gasteiger partial charge in [0, 0.05) is 42.0 Å². The highest BCUT2D eigenvalue weighted by atomic mass is 16.5. The molecule has 7 heteroatoms. The minimum atomic E-state index is -0.618. The number of anilines is 1. The summed E-state index contributed by atoms with van der Waals surface area (Å²) in [6.07, 6.45) is 5.35. The third-order valence-electron chi connectivity index (χ3n) is 6.65. The Labute approximate surface area is 195 Å². The second-order valence-electron chi connectivity index (χ2n) is 9.45. The molecule has 7 nitrogen and oxygen atoms in total. The number of likely N-dealkylation sites (tertiary alicyclic amines) is 1. The van der Waals surface area contributed by atoms with Crippen molar-refractivity contribution in [1.82, 2.24) is 9.88 Å². The van der Waals surface area contributed by atoms with E-state index in [-0.39, 0.29) is 11.4 Å². The van der Waals surface area contributed by atoms with Crippen LogP contribution in [0.15, 0.2) is 48.3 Å². The monoisotopic (exact) mass is 451 g/mol. The molecule has 176 valence electrons. The average Bonchev–Trinajstić information content (AvgIpc) is 3.02. The summed E-state index contributed by atoms with van der Waals surface area (Å²) in [5.74, 6) is 2.38. The highest BCUT2D eigenvalue weighted by Crippen LogP contribution is 2.47. The van der Waals surface area contributed by atoms with Crippen LogP contribution in [0.3, 0.4) is 0 Å². The van der Waals surface area contributed by atoms with Crippen molar-refractivity contribution in [1.29, 1.82) is 0 Å². The lowest BCUT2D eigenvalue weighted by Crippen LogP contribution is -2.42. The van der Waals surface area contributed by atoms with Crippen LogP contribution in [0.5, 0.6) is 11.5 Å². The van der Waals surface area contributed by atoms with Gasteiger partial charge in [0.25, 0.3) is 0 Å². The van der Waals surface area contributed by atoms with Crippen LogP contribution >= 0.6 is 0 Å². The summed E-state index contributed by atoms with van der Waals surface area (Å²) in [6, 6.07) is 9.69. The molecule has 1 fully saturated rings. The Hall–Kier alpha value is -3.06. The molecular formula is C26H33N3O4. The number of pyridine rings is 1. The Morgan fingerprint density at radius 3 is 2.61 bits per heavy atom. The van der Waals surface area contributed by atoms with Crippen LogP contribution in [0, 0.1) is 0 Å². The summed E-state index contributed by atoms with van der Waals surface area (Å²) < 4.78 is 16.2. The number of aromatic nitrogens is 1. The summed E-state index contributed by atoms with van der Waals surface area (Å²) in [7, 11) is 3.28. The van der Waals surface area contributed by atoms with Crippen LogP contribution in [0.1, 0.15) is 44.7 Å². The maximum atomic E-state index is 13.6. The second kappa shape index (κ2) is 9.06. The van der Waals surface area contributed by atoms with Gasteiger partial charge in [0.05, 0.1) is 32.8 Å². The summed E-state index contributed by atoms with van der Waals surface area (Å²) in [6.45, 7) is 8.09. The summed E-state index contributed by atoms with van der Waals surface area (Å²) in [5, 5.41) is 3.34. The predicted octanol–water partition coefficient (Wildman–Crippen LogP) is 4.28. The first-order chi connectivity index (χ1) is 15.8. The lowest BCUT2D eigenvalue weighted by molar-refractivity contribution is -0.132. The van der Waals surface area contributed by atoms with E-state index < -0.39 is 5.41 Å². The van der Waals surface area contributed by atoms with Crippen molar-refractivity contribution < 1.29 is 19.0 Å². The van der Waals surface area contributed by atoms with Crippen LogP contribution in [-0.4, -0.2) is 48.8 Å². The van der Waals surface area contributed by atoms with E-state index in [0.717, 1.165) is 47.0 Å². The first kappa shape index (κ1) is 23.1. The van der Waals surface area contributed by atoms with E-state index in [2.05, 4.69) is 24.1 Å². The van der Waals surface area contributed by atoms with E-state index in [4.69, 9.17) is 14.2 Å². The fourth-order valence-corrected chi connectivity index (χ4v) is 5.02. The quantitative estimate of drug-likeness (QED) is 0.677. The Bertz CT molecular complexity index is 1050. The van der Waals surface area contributed by atoms with Gasteiger partial charge in [-0.3, -0.25) is 4.79 Å². The number of rotatable bonds is 7. The number of carbonyl (C=O) groups excluding carboxylic acids is 1. The minimum Gasteiger partial charge on any atom is -0.497 e. The van der Waals surface area contributed by atoms with Gasteiger partial charge in [-0.25, -0.2) is 4.98 Å². The third kappa shape index (κ3) is 4.42. The molecule has 2 aromatic rings. The van der Waals surface area contributed by atoms with Gasteiger partial charge < -0.3 is 24.4 Å². The number of hydrogen-bond donors (Lipinski definition) is 1. The average molecular weight is 452 g/mol. The zero-order valence-corrected chi connectivity index (χ0v) is 20.1. The minimum absolute atomic E-state index is 0.131. The Morgan fingerprint density at radius 2 is 1.97 bits per heavy atom. The fraction of sp³-hybridized carbons (Fsp3) is 0.462. The number of carbonyl (C=O) groups is 1. The van der Waals surface area contributed by atoms with Crippen LogP contribution in [0.2, 0.25) is 0 Å². The molecule has 1 N–H and O–H groups in total. The second-order valence-corrected chi connectivity index (χ2v) is 9.45. The molecule has 1 atom stereocenters.